The van der Waals surface area contributed by atoms with Crippen molar-refractivity contribution in [3.05, 3.63) is 18.2 Å². The molecule has 0 spiro atoms. The zero-order valence-electron chi connectivity index (χ0n) is 13.2. The van der Waals surface area contributed by atoms with Crippen molar-refractivity contribution in [2.24, 2.45) is 5.92 Å². The quantitative estimate of drug-likeness (QED) is 0.740. The summed E-state index contributed by atoms with van der Waals surface area (Å²) in [5, 5.41) is 6.15. The number of rotatable bonds is 3. The Morgan fingerprint density at radius 1 is 1.33 bits per heavy atom. The molecular formula is C16H25N3O2. The second kappa shape index (κ2) is 5.84. The van der Waals surface area contributed by atoms with Gasteiger partial charge in [-0.05, 0) is 57.7 Å². The van der Waals surface area contributed by atoms with Gasteiger partial charge in [-0.25, -0.2) is 4.79 Å². The van der Waals surface area contributed by atoms with Crippen LogP contribution in [0.15, 0.2) is 18.2 Å². The van der Waals surface area contributed by atoms with Crippen molar-refractivity contribution in [1.29, 1.82) is 0 Å². The Bertz CT molecular complexity index is 517. The fourth-order valence-electron chi connectivity index (χ4n) is 2.42. The van der Waals surface area contributed by atoms with Gasteiger partial charge in [-0.15, -0.1) is 0 Å². The van der Waals surface area contributed by atoms with Gasteiger partial charge in [0.1, 0.15) is 5.60 Å². The lowest BCUT2D eigenvalue weighted by atomic mass is 9.82. The zero-order valence-corrected chi connectivity index (χ0v) is 13.2. The standard InChI is InChI=1S/C16H25N3O2/c1-10-7-12(8-10)18-14-9-11(5-6-13(14)17)19-15(20)21-16(2,3)4/h5-6,9-10,12,18H,7-8,17H2,1-4H3,(H,19,20). The lowest BCUT2D eigenvalue weighted by Gasteiger charge is -2.34. The minimum absolute atomic E-state index is 0.463. The molecule has 1 fully saturated rings. The highest BCUT2D eigenvalue weighted by molar-refractivity contribution is 5.87. The van der Waals surface area contributed by atoms with Gasteiger partial charge in [0.05, 0.1) is 11.4 Å². The van der Waals surface area contributed by atoms with E-state index < -0.39 is 11.7 Å². The number of nitrogens with two attached hydrogens (primary N) is 1. The van der Waals surface area contributed by atoms with Gasteiger partial charge >= 0.3 is 6.09 Å². The number of carbonyl (C=O) groups excluding carboxylic acids is 1. The van der Waals surface area contributed by atoms with E-state index in [4.69, 9.17) is 10.5 Å². The van der Waals surface area contributed by atoms with Crippen LogP contribution in [0.3, 0.4) is 0 Å². The molecule has 1 saturated carbocycles. The highest BCUT2D eigenvalue weighted by atomic mass is 16.6. The number of anilines is 3. The van der Waals surface area contributed by atoms with Gasteiger partial charge in [0, 0.05) is 11.7 Å². The maximum absolute atomic E-state index is 11.8. The third-order valence-electron chi connectivity index (χ3n) is 3.43. The van der Waals surface area contributed by atoms with Crippen LogP contribution in [0.1, 0.15) is 40.5 Å². The Morgan fingerprint density at radius 2 is 2.00 bits per heavy atom. The first kappa shape index (κ1) is 15.5. The van der Waals surface area contributed by atoms with E-state index in [9.17, 15) is 4.79 Å². The van der Waals surface area contributed by atoms with E-state index >= 15 is 0 Å². The molecule has 0 aliphatic heterocycles. The highest BCUT2D eigenvalue weighted by Gasteiger charge is 2.25. The smallest absolute Gasteiger partial charge is 0.412 e. The molecule has 1 aromatic rings. The predicted octanol–water partition coefficient (Wildman–Crippen LogP) is 3.83. The van der Waals surface area contributed by atoms with Gasteiger partial charge < -0.3 is 15.8 Å². The molecule has 116 valence electrons. The van der Waals surface area contributed by atoms with Crippen LogP contribution in [0.4, 0.5) is 21.9 Å². The molecular weight excluding hydrogens is 266 g/mol. The molecule has 1 aliphatic carbocycles. The number of carbonyl (C=O) groups is 1. The van der Waals surface area contributed by atoms with Crippen molar-refractivity contribution in [3.8, 4) is 0 Å². The zero-order chi connectivity index (χ0) is 15.6. The normalized spacial score (nSPS) is 21.3. The Labute approximate surface area is 126 Å². The molecule has 5 nitrogen and oxygen atoms in total. The second-order valence-corrected chi connectivity index (χ2v) is 6.85. The molecule has 4 N–H and O–H groups in total. The topological polar surface area (TPSA) is 76.4 Å². The van der Waals surface area contributed by atoms with Crippen molar-refractivity contribution in [1.82, 2.24) is 0 Å². The molecule has 5 heteroatoms. The van der Waals surface area contributed by atoms with Crippen LogP contribution in [0, 0.1) is 5.92 Å². The Hall–Kier alpha value is -1.91. The molecule has 0 bridgehead atoms. The number of nitrogen functional groups attached to an aromatic ring is 1. The molecule has 0 saturated heterocycles. The van der Waals surface area contributed by atoms with Crippen LogP contribution in [-0.2, 0) is 4.74 Å². The Kier molecular flexibility index (Phi) is 4.30. The maximum atomic E-state index is 11.8. The van der Waals surface area contributed by atoms with Crippen molar-refractivity contribution < 1.29 is 9.53 Å². The fourth-order valence-corrected chi connectivity index (χ4v) is 2.42. The fraction of sp³-hybridized carbons (Fsp3) is 0.562. The van der Waals surface area contributed by atoms with Gasteiger partial charge in [-0.2, -0.15) is 0 Å². The van der Waals surface area contributed by atoms with Crippen LogP contribution >= 0.6 is 0 Å². The molecule has 0 unspecified atom stereocenters. The average molecular weight is 291 g/mol. The molecule has 0 atom stereocenters. The summed E-state index contributed by atoms with van der Waals surface area (Å²) in [6, 6.07) is 5.88. The third kappa shape index (κ3) is 4.55. The Morgan fingerprint density at radius 3 is 2.57 bits per heavy atom. The van der Waals surface area contributed by atoms with E-state index in [1.54, 1.807) is 12.1 Å². The van der Waals surface area contributed by atoms with E-state index in [0.29, 0.717) is 17.4 Å². The van der Waals surface area contributed by atoms with E-state index in [1.165, 1.54) is 0 Å². The van der Waals surface area contributed by atoms with E-state index in [0.717, 1.165) is 24.4 Å². The van der Waals surface area contributed by atoms with Crippen LogP contribution in [0.25, 0.3) is 0 Å². The third-order valence-corrected chi connectivity index (χ3v) is 3.43. The van der Waals surface area contributed by atoms with Crippen LogP contribution in [0.2, 0.25) is 0 Å². The van der Waals surface area contributed by atoms with Gasteiger partial charge in [0.15, 0.2) is 0 Å². The lowest BCUT2D eigenvalue weighted by Crippen LogP contribution is -2.34. The number of benzene rings is 1. The minimum Gasteiger partial charge on any atom is -0.444 e. The van der Waals surface area contributed by atoms with Gasteiger partial charge in [0.2, 0.25) is 0 Å². The molecule has 1 amide bonds. The summed E-state index contributed by atoms with van der Waals surface area (Å²) in [6.07, 6.45) is 1.85. The SMILES string of the molecule is CC1CC(Nc2cc(NC(=O)OC(C)(C)C)ccc2N)C1. The number of hydrogen-bond donors (Lipinski definition) is 3. The molecule has 0 heterocycles. The van der Waals surface area contributed by atoms with Crippen LogP contribution in [-0.4, -0.2) is 17.7 Å². The first-order chi connectivity index (χ1) is 9.73. The summed E-state index contributed by atoms with van der Waals surface area (Å²) in [7, 11) is 0. The van der Waals surface area contributed by atoms with E-state index in [-0.39, 0.29) is 0 Å². The van der Waals surface area contributed by atoms with Crippen LogP contribution < -0.4 is 16.4 Å². The van der Waals surface area contributed by atoms with Crippen molar-refractivity contribution in [3.63, 3.8) is 0 Å². The summed E-state index contributed by atoms with van der Waals surface area (Å²) in [5.74, 6) is 0.770. The summed E-state index contributed by atoms with van der Waals surface area (Å²) >= 11 is 0. The predicted molar refractivity (Wildman–Crippen MR) is 86.5 cm³/mol. The Balaban J connectivity index is 1.99. The van der Waals surface area contributed by atoms with E-state index in [2.05, 4.69) is 17.6 Å². The summed E-state index contributed by atoms with van der Waals surface area (Å²) in [5.41, 5.74) is 7.68. The largest absolute Gasteiger partial charge is 0.444 e. The summed E-state index contributed by atoms with van der Waals surface area (Å²) in [6.45, 7) is 7.74. The second-order valence-electron chi connectivity index (χ2n) is 6.85. The number of ether oxygens (including phenoxy) is 1. The number of nitrogens with one attached hydrogen (secondary N) is 2. The molecule has 0 radical (unpaired) electrons. The van der Waals surface area contributed by atoms with Crippen molar-refractivity contribution in [2.45, 2.75) is 52.2 Å². The van der Waals surface area contributed by atoms with Crippen LogP contribution in [0.5, 0.6) is 0 Å². The van der Waals surface area contributed by atoms with Gasteiger partial charge in [-0.3, -0.25) is 5.32 Å². The number of amides is 1. The van der Waals surface area contributed by atoms with Gasteiger partial charge in [0.25, 0.3) is 0 Å². The maximum Gasteiger partial charge on any atom is 0.412 e. The van der Waals surface area contributed by atoms with Gasteiger partial charge in [-0.1, -0.05) is 6.92 Å². The number of hydrogen-bond acceptors (Lipinski definition) is 4. The summed E-state index contributed by atoms with van der Waals surface area (Å²) in [4.78, 5) is 11.8. The van der Waals surface area contributed by atoms with E-state index in [1.807, 2.05) is 26.8 Å². The monoisotopic (exact) mass is 291 g/mol. The first-order valence-electron chi connectivity index (χ1n) is 7.39. The molecule has 2 rings (SSSR count). The van der Waals surface area contributed by atoms with Crippen molar-refractivity contribution >= 4 is 23.2 Å². The molecule has 1 aliphatic rings. The lowest BCUT2D eigenvalue weighted by molar-refractivity contribution is 0.0636. The molecule has 0 aromatic heterocycles. The first-order valence-corrected chi connectivity index (χ1v) is 7.39. The molecule has 21 heavy (non-hydrogen) atoms. The summed E-state index contributed by atoms with van der Waals surface area (Å²) < 4.78 is 5.24. The highest BCUT2D eigenvalue weighted by Crippen LogP contribution is 2.32. The molecule has 1 aromatic carbocycles. The average Bonchev–Trinajstić information content (AvgIpc) is 2.28. The van der Waals surface area contributed by atoms with Crippen molar-refractivity contribution in [2.75, 3.05) is 16.4 Å². The minimum atomic E-state index is -0.513.